The summed E-state index contributed by atoms with van der Waals surface area (Å²) in [5.74, 6) is -0.535. The third kappa shape index (κ3) is 7.30. The molecule has 30 heavy (non-hydrogen) atoms. The van der Waals surface area contributed by atoms with E-state index in [1.807, 2.05) is 70.2 Å². The highest BCUT2D eigenvalue weighted by molar-refractivity contribution is 5.85. The van der Waals surface area contributed by atoms with Crippen LogP contribution in [0.1, 0.15) is 40.2 Å². The van der Waals surface area contributed by atoms with Crippen LogP contribution in [0.5, 0.6) is 0 Å². The van der Waals surface area contributed by atoms with Crippen molar-refractivity contribution in [2.24, 2.45) is 0 Å². The van der Waals surface area contributed by atoms with E-state index in [0.29, 0.717) is 19.8 Å². The van der Waals surface area contributed by atoms with Crippen molar-refractivity contribution in [1.82, 2.24) is 4.90 Å². The minimum atomic E-state index is -0.680. The molecule has 162 valence electrons. The lowest BCUT2D eigenvalue weighted by Crippen LogP contribution is -2.47. The Morgan fingerprint density at radius 3 is 2.13 bits per heavy atom. The van der Waals surface area contributed by atoms with Gasteiger partial charge in [-0.1, -0.05) is 54.6 Å². The molecule has 0 aliphatic heterocycles. The molecule has 5 heteroatoms. The predicted octanol–water partition coefficient (Wildman–Crippen LogP) is 4.49. The van der Waals surface area contributed by atoms with Gasteiger partial charge in [-0.3, -0.25) is 4.79 Å². The molecule has 2 aromatic carbocycles. The molecule has 1 amide bonds. The number of hydrogen-bond donors (Lipinski definition) is 0. The van der Waals surface area contributed by atoms with Crippen molar-refractivity contribution in [3.05, 3.63) is 60.2 Å². The normalized spacial score (nSPS) is 12.3. The van der Waals surface area contributed by atoms with Crippen molar-refractivity contribution >= 4 is 11.9 Å². The highest BCUT2D eigenvalue weighted by Gasteiger charge is 2.29. The van der Waals surface area contributed by atoms with E-state index in [4.69, 9.17) is 9.47 Å². The first-order valence-corrected chi connectivity index (χ1v) is 10.5. The van der Waals surface area contributed by atoms with Crippen molar-refractivity contribution in [1.29, 1.82) is 0 Å². The van der Waals surface area contributed by atoms with Crippen molar-refractivity contribution in [2.45, 2.75) is 52.7 Å². The van der Waals surface area contributed by atoms with Gasteiger partial charge in [0.15, 0.2) is 0 Å². The van der Waals surface area contributed by atoms with Crippen LogP contribution in [0.3, 0.4) is 0 Å². The molecule has 0 unspecified atom stereocenters. The van der Waals surface area contributed by atoms with E-state index in [1.54, 1.807) is 11.8 Å². The molecule has 0 fully saturated rings. The number of carbonyl (C=O) groups is 2. The quantitative estimate of drug-likeness (QED) is 0.451. The largest absolute Gasteiger partial charge is 0.458 e. The number of esters is 1. The Morgan fingerprint density at radius 2 is 1.57 bits per heavy atom. The number of nitrogens with zero attached hydrogens (tertiary/aromatic N) is 1. The fourth-order valence-corrected chi connectivity index (χ4v) is 3.08. The van der Waals surface area contributed by atoms with Crippen LogP contribution in [0.4, 0.5) is 0 Å². The summed E-state index contributed by atoms with van der Waals surface area (Å²) < 4.78 is 10.9. The lowest BCUT2D eigenvalue weighted by atomic mass is 10.0. The Morgan fingerprint density at radius 1 is 0.967 bits per heavy atom. The van der Waals surface area contributed by atoms with Crippen LogP contribution in [0.15, 0.2) is 54.6 Å². The van der Waals surface area contributed by atoms with Gasteiger partial charge in [0.05, 0.1) is 13.0 Å². The molecule has 0 spiro atoms. The molecule has 0 saturated carbocycles. The van der Waals surface area contributed by atoms with E-state index < -0.39 is 17.6 Å². The molecule has 0 N–H and O–H groups in total. The first kappa shape index (κ1) is 23.6. The van der Waals surface area contributed by atoms with E-state index in [0.717, 1.165) is 16.7 Å². The number of rotatable bonds is 9. The number of carbonyl (C=O) groups excluding carboxylic acids is 2. The van der Waals surface area contributed by atoms with E-state index in [2.05, 4.69) is 12.1 Å². The molecule has 0 aromatic heterocycles. The number of ether oxygens (including phenoxy) is 2. The van der Waals surface area contributed by atoms with E-state index in [9.17, 15) is 9.59 Å². The average Bonchev–Trinajstić information content (AvgIpc) is 2.70. The summed E-state index contributed by atoms with van der Waals surface area (Å²) in [5, 5.41) is 0. The molecular weight excluding hydrogens is 378 g/mol. The van der Waals surface area contributed by atoms with Gasteiger partial charge in [-0.05, 0) is 51.3 Å². The molecule has 0 radical (unpaired) electrons. The highest BCUT2D eigenvalue weighted by Crippen LogP contribution is 2.20. The lowest BCUT2D eigenvalue weighted by molar-refractivity contribution is -0.164. The van der Waals surface area contributed by atoms with Gasteiger partial charge in [-0.2, -0.15) is 0 Å². The van der Waals surface area contributed by atoms with Gasteiger partial charge in [0.2, 0.25) is 5.91 Å². The van der Waals surface area contributed by atoms with Crippen molar-refractivity contribution in [3.63, 3.8) is 0 Å². The second kappa shape index (κ2) is 10.9. The predicted molar refractivity (Wildman–Crippen MR) is 119 cm³/mol. The topological polar surface area (TPSA) is 55.8 Å². The smallest absolute Gasteiger partial charge is 0.329 e. The molecule has 0 bridgehead atoms. The molecule has 0 aliphatic rings. The van der Waals surface area contributed by atoms with E-state index in [1.165, 1.54) is 0 Å². The first-order valence-electron chi connectivity index (χ1n) is 10.5. The highest BCUT2D eigenvalue weighted by atomic mass is 16.6. The molecule has 0 aliphatic carbocycles. The van der Waals surface area contributed by atoms with Crippen LogP contribution in [0.2, 0.25) is 0 Å². The fourth-order valence-electron chi connectivity index (χ4n) is 3.08. The fraction of sp³-hybridized carbons (Fsp3) is 0.440. The summed E-state index contributed by atoms with van der Waals surface area (Å²) in [6.07, 6.45) is 0.217. The summed E-state index contributed by atoms with van der Waals surface area (Å²) in [4.78, 5) is 27.1. The van der Waals surface area contributed by atoms with Gasteiger partial charge in [0.25, 0.3) is 0 Å². The summed E-state index contributed by atoms with van der Waals surface area (Å²) in [6.45, 7) is 10.3. The second-order valence-electron chi connectivity index (χ2n) is 8.23. The van der Waals surface area contributed by atoms with Gasteiger partial charge < -0.3 is 14.4 Å². The monoisotopic (exact) mass is 411 g/mol. The third-order valence-corrected chi connectivity index (χ3v) is 4.63. The van der Waals surface area contributed by atoms with Crippen molar-refractivity contribution in [2.75, 3.05) is 19.8 Å². The Balaban J connectivity index is 2.10. The number of amides is 1. The van der Waals surface area contributed by atoms with Crippen LogP contribution >= 0.6 is 0 Å². The first-order chi connectivity index (χ1) is 14.2. The summed E-state index contributed by atoms with van der Waals surface area (Å²) in [6, 6.07) is 17.4. The molecule has 5 nitrogen and oxygen atoms in total. The maximum Gasteiger partial charge on any atom is 0.329 e. The molecular formula is C25H33NO4. The van der Waals surface area contributed by atoms with E-state index >= 15 is 0 Å². The van der Waals surface area contributed by atoms with Gasteiger partial charge in [-0.25, -0.2) is 4.79 Å². The Bertz CT molecular complexity index is 809. The summed E-state index contributed by atoms with van der Waals surface area (Å²) >= 11 is 0. The van der Waals surface area contributed by atoms with Gasteiger partial charge in [0, 0.05) is 13.2 Å². The summed E-state index contributed by atoms with van der Waals surface area (Å²) in [7, 11) is 0. The molecule has 0 heterocycles. The van der Waals surface area contributed by atoms with Crippen molar-refractivity contribution < 1.29 is 19.1 Å². The van der Waals surface area contributed by atoms with Gasteiger partial charge in [-0.15, -0.1) is 0 Å². The van der Waals surface area contributed by atoms with E-state index in [-0.39, 0.29) is 12.3 Å². The minimum Gasteiger partial charge on any atom is -0.458 e. The second-order valence-corrected chi connectivity index (χ2v) is 8.23. The van der Waals surface area contributed by atoms with Crippen LogP contribution in [-0.2, 0) is 25.5 Å². The molecule has 0 saturated heterocycles. The molecule has 2 rings (SSSR count). The van der Waals surface area contributed by atoms with Gasteiger partial charge in [0.1, 0.15) is 11.6 Å². The zero-order valence-electron chi connectivity index (χ0n) is 18.7. The average molecular weight is 412 g/mol. The number of benzene rings is 2. The minimum absolute atomic E-state index is 0.125. The molecule has 2 aromatic rings. The zero-order chi connectivity index (χ0) is 22.1. The SMILES string of the molecule is CCOCCN(C(=O)Cc1ccc(-c2ccccc2)cc1)[C@H](C)C(=O)OC(C)(C)C. The molecule has 1 atom stereocenters. The Labute approximate surface area is 180 Å². The van der Waals surface area contributed by atoms with Crippen LogP contribution < -0.4 is 0 Å². The van der Waals surface area contributed by atoms with Gasteiger partial charge >= 0.3 is 5.97 Å². The van der Waals surface area contributed by atoms with Crippen LogP contribution in [0.25, 0.3) is 11.1 Å². The Kier molecular flexibility index (Phi) is 8.60. The third-order valence-electron chi connectivity index (χ3n) is 4.63. The summed E-state index contributed by atoms with van der Waals surface area (Å²) in [5.41, 5.74) is 2.53. The van der Waals surface area contributed by atoms with Crippen molar-refractivity contribution in [3.8, 4) is 11.1 Å². The lowest BCUT2D eigenvalue weighted by Gasteiger charge is -2.30. The van der Waals surface area contributed by atoms with Crippen LogP contribution in [0, 0.1) is 0 Å². The Hall–Kier alpha value is -2.66. The number of hydrogen-bond acceptors (Lipinski definition) is 4. The zero-order valence-corrected chi connectivity index (χ0v) is 18.7. The maximum atomic E-state index is 13.0. The van der Waals surface area contributed by atoms with Crippen LogP contribution in [-0.4, -0.2) is 48.2 Å². The standard InChI is InChI=1S/C25H33NO4/c1-6-29-17-16-26(19(2)24(28)30-25(3,4)5)23(27)18-20-12-14-22(15-13-20)21-10-8-7-9-11-21/h7-15,19H,6,16-18H2,1-5H3/t19-/m1/s1. The maximum absolute atomic E-state index is 13.0.